The molecule has 2 fully saturated rings. The van der Waals surface area contributed by atoms with E-state index in [1.165, 1.54) is 9.80 Å². The summed E-state index contributed by atoms with van der Waals surface area (Å²) in [5, 5.41) is 3.53. The number of rotatable bonds is 8. The van der Waals surface area contributed by atoms with E-state index in [1.807, 2.05) is 68.4 Å². The molecule has 8 heteroatoms. The van der Waals surface area contributed by atoms with E-state index in [2.05, 4.69) is 19.2 Å². The van der Waals surface area contributed by atoms with Crippen LogP contribution < -0.4 is 10.2 Å². The number of nitrogens with zero attached hydrogens (tertiary/aromatic N) is 3. The number of hydrogen-bond acceptors (Lipinski definition) is 5. The van der Waals surface area contributed by atoms with Crippen molar-refractivity contribution in [3.63, 3.8) is 0 Å². The molecule has 4 unspecified atom stereocenters. The second-order valence-electron chi connectivity index (χ2n) is 10.9. The molecular formula is C30H36N4O4. The first-order valence-corrected chi connectivity index (χ1v) is 13.6. The minimum absolute atomic E-state index is 0.108. The molecule has 200 valence electrons. The van der Waals surface area contributed by atoms with Gasteiger partial charge in [-0.2, -0.15) is 0 Å². The molecular weight excluding hydrogens is 480 g/mol. The van der Waals surface area contributed by atoms with E-state index in [1.54, 1.807) is 4.90 Å². The molecule has 0 radical (unpaired) electrons. The lowest BCUT2D eigenvalue weighted by molar-refractivity contribution is -0.143. The highest BCUT2D eigenvalue weighted by atomic mass is 16.2. The van der Waals surface area contributed by atoms with E-state index in [0.29, 0.717) is 30.8 Å². The third kappa shape index (κ3) is 3.93. The van der Waals surface area contributed by atoms with Crippen molar-refractivity contribution in [2.45, 2.75) is 52.2 Å². The lowest BCUT2D eigenvalue weighted by Crippen LogP contribution is -2.56. The quantitative estimate of drug-likeness (QED) is 0.545. The topological polar surface area (TPSA) is 90.0 Å². The van der Waals surface area contributed by atoms with Crippen LogP contribution in [0.4, 0.5) is 5.69 Å². The number of likely N-dealkylation sites (tertiary alicyclic amines) is 1. The first-order valence-electron chi connectivity index (χ1n) is 13.6. The van der Waals surface area contributed by atoms with Gasteiger partial charge in [0.2, 0.25) is 17.7 Å². The number of para-hydroxylation sites is 1. The third-order valence-electron chi connectivity index (χ3n) is 8.28. The maximum atomic E-state index is 14.4. The zero-order chi connectivity index (χ0) is 27.2. The molecule has 4 atom stereocenters. The Bertz CT molecular complexity index is 1260. The van der Waals surface area contributed by atoms with Crippen LogP contribution in [0.5, 0.6) is 0 Å². The zero-order valence-electron chi connectivity index (χ0n) is 22.5. The summed E-state index contributed by atoms with van der Waals surface area (Å²) >= 11 is 0. The number of nitrogens with one attached hydrogen (secondary N) is 1. The number of carbonyl (C=O) groups is 4. The monoisotopic (exact) mass is 516 g/mol. The number of amides is 4. The smallest absolute Gasteiger partial charge is 0.253 e. The number of fused-ring (bicyclic) bond motifs is 4. The SMILES string of the molecule is CCN(CC)C(=O)CN1C(=O)C2(NC(CC(C)C)C3C(=O)N(Cc4ccccc4)C(=O)C32)c2ccccc21. The van der Waals surface area contributed by atoms with Crippen LogP contribution in [-0.2, 0) is 31.3 Å². The van der Waals surface area contributed by atoms with Crippen LogP contribution in [0.25, 0.3) is 0 Å². The molecule has 3 aliphatic rings. The van der Waals surface area contributed by atoms with E-state index < -0.39 is 17.4 Å². The summed E-state index contributed by atoms with van der Waals surface area (Å²) in [6.45, 7) is 9.13. The number of imide groups is 1. The van der Waals surface area contributed by atoms with Crippen molar-refractivity contribution in [3.05, 3.63) is 65.7 Å². The Morgan fingerprint density at radius 3 is 2.26 bits per heavy atom. The van der Waals surface area contributed by atoms with Gasteiger partial charge in [-0.05, 0) is 37.8 Å². The second-order valence-corrected chi connectivity index (χ2v) is 10.9. The van der Waals surface area contributed by atoms with Gasteiger partial charge in [0.05, 0.1) is 18.4 Å². The molecule has 0 saturated carbocycles. The molecule has 3 aliphatic heterocycles. The zero-order valence-corrected chi connectivity index (χ0v) is 22.5. The van der Waals surface area contributed by atoms with Crippen LogP contribution in [0, 0.1) is 17.8 Å². The van der Waals surface area contributed by atoms with Crippen LogP contribution in [-0.4, -0.2) is 59.1 Å². The van der Waals surface area contributed by atoms with Gasteiger partial charge >= 0.3 is 0 Å². The van der Waals surface area contributed by atoms with Crippen LogP contribution >= 0.6 is 0 Å². The first kappa shape index (κ1) is 26.1. The van der Waals surface area contributed by atoms with Gasteiger partial charge < -0.3 is 9.80 Å². The minimum Gasteiger partial charge on any atom is -0.342 e. The Morgan fingerprint density at radius 1 is 0.947 bits per heavy atom. The van der Waals surface area contributed by atoms with E-state index in [9.17, 15) is 19.2 Å². The van der Waals surface area contributed by atoms with Crippen molar-refractivity contribution < 1.29 is 19.2 Å². The first-order chi connectivity index (χ1) is 18.2. The van der Waals surface area contributed by atoms with Crippen molar-refractivity contribution in [2.75, 3.05) is 24.5 Å². The number of hydrogen-bond donors (Lipinski definition) is 1. The summed E-state index contributed by atoms with van der Waals surface area (Å²) < 4.78 is 0. The largest absolute Gasteiger partial charge is 0.342 e. The Balaban J connectivity index is 1.58. The summed E-state index contributed by atoms with van der Waals surface area (Å²) in [7, 11) is 0. The molecule has 5 rings (SSSR count). The second kappa shape index (κ2) is 9.98. The molecule has 0 bridgehead atoms. The van der Waals surface area contributed by atoms with Gasteiger partial charge in [-0.25, -0.2) is 0 Å². The average Bonchev–Trinajstić information content (AvgIpc) is 3.45. The molecule has 2 saturated heterocycles. The fourth-order valence-electron chi connectivity index (χ4n) is 6.61. The molecule has 0 aromatic heterocycles. The number of benzene rings is 2. The summed E-state index contributed by atoms with van der Waals surface area (Å²) in [4.78, 5) is 60.0. The Hall–Kier alpha value is -3.52. The Labute approximate surface area is 224 Å². The number of anilines is 1. The summed E-state index contributed by atoms with van der Waals surface area (Å²) in [6, 6.07) is 16.5. The highest BCUT2D eigenvalue weighted by molar-refractivity contribution is 6.17. The van der Waals surface area contributed by atoms with Crippen molar-refractivity contribution in [3.8, 4) is 0 Å². The fourth-order valence-corrected chi connectivity index (χ4v) is 6.61. The van der Waals surface area contributed by atoms with Gasteiger partial charge in [0.25, 0.3) is 5.91 Å². The molecule has 8 nitrogen and oxygen atoms in total. The normalized spacial score (nSPS) is 26.0. The van der Waals surface area contributed by atoms with Gasteiger partial charge in [0.1, 0.15) is 12.1 Å². The van der Waals surface area contributed by atoms with Gasteiger partial charge in [-0.15, -0.1) is 0 Å². The van der Waals surface area contributed by atoms with Gasteiger partial charge in [-0.1, -0.05) is 62.4 Å². The van der Waals surface area contributed by atoms with Crippen molar-refractivity contribution in [2.24, 2.45) is 17.8 Å². The molecule has 1 N–H and O–H groups in total. The maximum absolute atomic E-state index is 14.4. The lowest BCUT2D eigenvalue weighted by Gasteiger charge is -2.31. The van der Waals surface area contributed by atoms with E-state index in [-0.39, 0.29) is 48.7 Å². The third-order valence-corrected chi connectivity index (χ3v) is 8.28. The molecule has 2 aromatic rings. The standard InChI is InChI=1S/C30H36N4O4/c1-5-32(6-2)24(35)18-33-23-15-11-10-14-21(23)30(29(33)38)26-25(22(31-30)16-19(3)4)27(36)34(28(26)37)17-20-12-8-7-9-13-20/h7-15,19,22,25-26,31H,5-6,16-18H2,1-4H3. The van der Waals surface area contributed by atoms with Crippen molar-refractivity contribution in [1.82, 2.24) is 15.1 Å². The van der Waals surface area contributed by atoms with E-state index in [4.69, 9.17) is 0 Å². The van der Waals surface area contributed by atoms with Gasteiger partial charge in [0.15, 0.2) is 0 Å². The van der Waals surface area contributed by atoms with E-state index >= 15 is 0 Å². The predicted molar refractivity (Wildman–Crippen MR) is 144 cm³/mol. The Kier molecular flexibility index (Phi) is 6.86. The van der Waals surface area contributed by atoms with Crippen molar-refractivity contribution >= 4 is 29.3 Å². The molecule has 2 aromatic carbocycles. The summed E-state index contributed by atoms with van der Waals surface area (Å²) in [6.07, 6.45) is 0.648. The Morgan fingerprint density at radius 2 is 1.61 bits per heavy atom. The number of carbonyl (C=O) groups excluding carboxylic acids is 4. The molecule has 3 heterocycles. The van der Waals surface area contributed by atoms with Gasteiger partial charge in [-0.3, -0.25) is 29.4 Å². The van der Waals surface area contributed by atoms with Crippen molar-refractivity contribution in [1.29, 1.82) is 0 Å². The molecule has 0 aliphatic carbocycles. The average molecular weight is 517 g/mol. The summed E-state index contributed by atoms with van der Waals surface area (Å²) in [5.74, 6) is -2.31. The molecule has 1 spiro atoms. The fraction of sp³-hybridized carbons (Fsp3) is 0.467. The van der Waals surface area contributed by atoms with Crippen LogP contribution in [0.3, 0.4) is 0 Å². The highest BCUT2D eigenvalue weighted by Crippen LogP contribution is 2.55. The van der Waals surface area contributed by atoms with Gasteiger partial charge in [0, 0.05) is 30.4 Å². The predicted octanol–water partition coefficient (Wildman–Crippen LogP) is 2.92. The van der Waals surface area contributed by atoms with E-state index in [0.717, 1.165) is 5.56 Å². The van der Waals surface area contributed by atoms with Crippen LogP contribution in [0.15, 0.2) is 54.6 Å². The lowest BCUT2D eigenvalue weighted by atomic mass is 9.76. The molecule has 38 heavy (non-hydrogen) atoms. The summed E-state index contributed by atoms with van der Waals surface area (Å²) in [5.41, 5.74) is 0.765. The molecule has 4 amide bonds. The van der Waals surface area contributed by atoms with Crippen LogP contribution in [0.1, 0.15) is 45.2 Å². The van der Waals surface area contributed by atoms with Crippen LogP contribution in [0.2, 0.25) is 0 Å². The maximum Gasteiger partial charge on any atom is 0.253 e. The minimum atomic E-state index is -1.39. The highest BCUT2D eigenvalue weighted by Gasteiger charge is 2.71. The number of likely N-dealkylation sites (N-methyl/N-ethyl adjacent to an activating group) is 1.